The monoisotopic (exact) mass is 563 g/mol. The number of phenols is 1. The molecule has 1 amide bonds. The Morgan fingerprint density at radius 3 is 2.83 bits per heavy atom. The summed E-state index contributed by atoms with van der Waals surface area (Å²) >= 11 is 0. The van der Waals surface area contributed by atoms with E-state index in [1.165, 1.54) is 24.4 Å². The number of phenolic OH excluding ortho intramolecular Hbond substituents is 1. The van der Waals surface area contributed by atoms with Crippen molar-refractivity contribution in [3.63, 3.8) is 0 Å². The number of carbonyl (C=O) groups is 1. The van der Waals surface area contributed by atoms with Crippen LogP contribution in [0.5, 0.6) is 11.8 Å². The minimum Gasteiger partial charge on any atom is -0.508 e. The van der Waals surface area contributed by atoms with Crippen molar-refractivity contribution < 1.29 is 28.2 Å². The number of fused-ring (bicyclic) bond motifs is 2. The number of carbonyl (C=O) groups excluding carboxylic acids is 1. The maximum Gasteiger partial charge on any atom is 0.319 e. The summed E-state index contributed by atoms with van der Waals surface area (Å²) in [6, 6.07) is 5.79. The molecule has 2 aromatic heterocycles. The van der Waals surface area contributed by atoms with E-state index in [9.17, 15) is 14.3 Å². The highest BCUT2D eigenvalue weighted by molar-refractivity contribution is 6.01. The third-order valence-corrected chi connectivity index (χ3v) is 7.79. The van der Waals surface area contributed by atoms with Crippen molar-refractivity contribution in [2.24, 2.45) is 0 Å². The smallest absolute Gasteiger partial charge is 0.319 e. The normalized spacial score (nSPS) is 19.5. The number of aromatic hydroxyl groups is 1. The van der Waals surface area contributed by atoms with E-state index in [0.29, 0.717) is 73.1 Å². The van der Waals surface area contributed by atoms with Gasteiger partial charge in [0.2, 0.25) is 5.91 Å². The molecule has 6 rings (SSSR count). The number of ether oxygens (including phenoxy) is 2. The molecule has 2 N–H and O–H groups in total. The first-order valence-corrected chi connectivity index (χ1v) is 13.8. The molecule has 0 saturated carbocycles. The molecular formula is C30H31F2N5O4. The first-order valence-electron chi connectivity index (χ1n) is 13.8. The van der Waals surface area contributed by atoms with Crippen molar-refractivity contribution in [3.8, 4) is 23.0 Å². The number of hydrogen-bond acceptors (Lipinski definition) is 8. The second-order valence-corrected chi connectivity index (χ2v) is 10.8. The van der Waals surface area contributed by atoms with Gasteiger partial charge >= 0.3 is 6.01 Å². The van der Waals surface area contributed by atoms with Crippen LogP contribution in [-0.4, -0.2) is 64.4 Å². The number of rotatable bonds is 6. The minimum absolute atomic E-state index is 0.00767. The van der Waals surface area contributed by atoms with Crippen LogP contribution in [0.25, 0.3) is 32.9 Å². The average molecular weight is 564 g/mol. The third-order valence-electron chi connectivity index (χ3n) is 7.79. The topological polar surface area (TPSA) is 110 Å². The molecule has 0 spiro atoms. The molecule has 1 unspecified atom stereocenters. The van der Waals surface area contributed by atoms with Gasteiger partial charge < -0.3 is 24.8 Å². The van der Waals surface area contributed by atoms with Crippen molar-refractivity contribution in [1.29, 1.82) is 0 Å². The van der Waals surface area contributed by atoms with Crippen LogP contribution in [0.2, 0.25) is 0 Å². The zero-order valence-electron chi connectivity index (χ0n) is 23.0. The van der Waals surface area contributed by atoms with Crippen LogP contribution in [0.1, 0.15) is 38.7 Å². The van der Waals surface area contributed by atoms with Crippen LogP contribution in [-0.2, 0) is 16.0 Å². The number of hydrogen-bond donors (Lipinski definition) is 2. The first kappa shape index (κ1) is 27.1. The van der Waals surface area contributed by atoms with Crippen molar-refractivity contribution in [1.82, 2.24) is 20.3 Å². The molecule has 2 saturated heterocycles. The maximum atomic E-state index is 16.5. The first-order chi connectivity index (χ1) is 19.8. The highest BCUT2D eigenvalue weighted by Gasteiger charge is 2.34. The number of benzene rings is 2. The molecule has 0 bridgehead atoms. The van der Waals surface area contributed by atoms with E-state index in [0.717, 1.165) is 6.42 Å². The highest BCUT2D eigenvalue weighted by Crippen LogP contribution is 2.39. The number of aromatic nitrogens is 3. The van der Waals surface area contributed by atoms with Gasteiger partial charge in [0.25, 0.3) is 0 Å². The molecular weight excluding hydrogens is 532 g/mol. The molecule has 2 aliphatic heterocycles. The predicted molar refractivity (Wildman–Crippen MR) is 150 cm³/mol. The Kier molecular flexibility index (Phi) is 7.06. The summed E-state index contributed by atoms with van der Waals surface area (Å²) in [6.45, 7) is 6.09. The van der Waals surface area contributed by atoms with E-state index in [1.807, 2.05) is 18.7 Å². The van der Waals surface area contributed by atoms with Gasteiger partial charge in [0, 0.05) is 37.9 Å². The fourth-order valence-corrected chi connectivity index (χ4v) is 5.69. The third kappa shape index (κ3) is 5.10. The van der Waals surface area contributed by atoms with Crippen LogP contribution in [0.15, 0.2) is 30.5 Å². The number of nitrogens with zero attached hydrogens (tertiary/aromatic N) is 4. The maximum absolute atomic E-state index is 16.5. The Balaban J connectivity index is 1.52. The zero-order valence-corrected chi connectivity index (χ0v) is 23.0. The molecule has 11 heteroatoms. The van der Waals surface area contributed by atoms with Crippen molar-refractivity contribution in [3.05, 3.63) is 47.7 Å². The minimum atomic E-state index is -0.735. The van der Waals surface area contributed by atoms with Gasteiger partial charge in [-0.3, -0.25) is 9.78 Å². The van der Waals surface area contributed by atoms with Gasteiger partial charge in [0.05, 0.1) is 17.5 Å². The molecule has 214 valence electrons. The van der Waals surface area contributed by atoms with Gasteiger partial charge in [-0.2, -0.15) is 9.97 Å². The summed E-state index contributed by atoms with van der Waals surface area (Å²) in [5.41, 5.74) is 0.00954. The second-order valence-electron chi connectivity index (χ2n) is 10.8. The summed E-state index contributed by atoms with van der Waals surface area (Å²) in [5, 5.41) is 14.8. The van der Waals surface area contributed by atoms with E-state index in [2.05, 4.69) is 20.3 Å². The number of halogens is 2. The van der Waals surface area contributed by atoms with Crippen molar-refractivity contribution >= 4 is 33.4 Å². The van der Waals surface area contributed by atoms with Crippen LogP contribution in [0.3, 0.4) is 0 Å². The summed E-state index contributed by atoms with van der Waals surface area (Å²) < 4.78 is 43.0. The van der Waals surface area contributed by atoms with Gasteiger partial charge in [-0.15, -0.1) is 0 Å². The summed E-state index contributed by atoms with van der Waals surface area (Å²) in [4.78, 5) is 27.4. The number of amides is 1. The van der Waals surface area contributed by atoms with Gasteiger partial charge in [-0.25, -0.2) is 8.78 Å². The highest BCUT2D eigenvalue weighted by atomic mass is 19.1. The lowest BCUT2D eigenvalue weighted by Gasteiger charge is -2.25. The number of anilines is 1. The lowest BCUT2D eigenvalue weighted by Crippen LogP contribution is -2.43. The molecule has 4 heterocycles. The molecule has 41 heavy (non-hydrogen) atoms. The Hall–Kier alpha value is -4.12. The molecule has 4 aromatic rings. The lowest BCUT2D eigenvalue weighted by atomic mass is 9.94. The van der Waals surface area contributed by atoms with Crippen LogP contribution in [0.4, 0.5) is 14.6 Å². The fourth-order valence-electron chi connectivity index (χ4n) is 5.69. The Morgan fingerprint density at radius 1 is 1.20 bits per heavy atom. The van der Waals surface area contributed by atoms with Crippen molar-refractivity contribution in [2.75, 3.05) is 37.8 Å². The SMILES string of the molecule is CCc1c(F)ccc2cc(O)cc(-c3ncc4c(N5CCCOCC5)nc(OCC5(C)CCC(=O)N5)nc4c3F)c12. The average Bonchev–Trinajstić information content (AvgIpc) is 3.13. The van der Waals surface area contributed by atoms with Gasteiger partial charge in [-0.1, -0.05) is 13.0 Å². The van der Waals surface area contributed by atoms with E-state index < -0.39 is 17.2 Å². The molecule has 1 atom stereocenters. The molecule has 0 radical (unpaired) electrons. The molecule has 9 nitrogen and oxygen atoms in total. The molecule has 2 aliphatic rings. The fraction of sp³-hybridized carbons (Fsp3) is 0.400. The van der Waals surface area contributed by atoms with Crippen LogP contribution in [0, 0.1) is 11.6 Å². The Morgan fingerprint density at radius 2 is 2.05 bits per heavy atom. The van der Waals surface area contributed by atoms with E-state index >= 15 is 4.39 Å². The van der Waals surface area contributed by atoms with Gasteiger partial charge in [0.1, 0.15) is 35.2 Å². The van der Waals surface area contributed by atoms with Gasteiger partial charge in [0.15, 0.2) is 5.82 Å². The summed E-state index contributed by atoms with van der Waals surface area (Å²) in [5.74, 6) is -0.824. The van der Waals surface area contributed by atoms with E-state index in [4.69, 9.17) is 9.47 Å². The van der Waals surface area contributed by atoms with E-state index in [1.54, 1.807) is 6.07 Å². The quantitative estimate of drug-likeness (QED) is 0.349. The summed E-state index contributed by atoms with van der Waals surface area (Å²) in [6.07, 6.45) is 3.64. The standard InChI is InChI=1S/C30H31F2N5O4/c1-3-19-22(31)6-5-17-13-18(38)14-20(24(17)19)26-25(32)27-21(15-33-26)28(37-9-4-11-40-12-10-37)35-29(34-27)41-16-30(2)8-7-23(39)36-30/h5-6,13-15,38H,3-4,7-12,16H2,1-2H3,(H,36,39). The van der Waals surface area contributed by atoms with Crippen LogP contribution >= 0.6 is 0 Å². The molecule has 2 fully saturated rings. The Labute approximate surface area is 235 Å². The van der Waals surface area contributed by atoms with Gasteiger partial charge in [-0.05, 0) is 60.7 Å². The number of nitrogens with one attached hydrogen (secondary N) is 1. The largest absolute Gasteiger partial charge is 0.508 e. The van der Waals surface area contributed by atoms with Crippen molar-refractivity contribution in [2.45, 2.75) is 45.1 Å². The predicted octanol–water partition coefficient (Wildman–Crippen LogP) is 4.67. The Bertz CT molecular complexity index is 1660. The lowest BCUT2D eigenvalue weighted by molar-refractivity contribution is -0.119. The zero-order chi connectivity index (χ0) is 28.7. The molecule has 0 aliphatic carbocycles. The van der Waals surface area contributed by atoms with Crippen LogP contribution < -0.4 is 15.0 Å². The number of aryl methyl sites for hydroxylation is 1. The second kappa shape index (κ2) is 10.7. The molecule has 2 aromatic carbocycles. The van der Waals surface area contributed by atoms with E-state index in [-0.39, 0.29) is 41.0 Å². The number of pyridine rings is 1. The summed E-state index contributed by atoms with van der Waals surface area (Å²) in [7, 11) is 0.